The van der Waals surface area contributed by atoms with Gasteiger partial charge in [-0.05, 0) is 36.0 Å². The van der Waals surface area contributed by atoms with Crippen LogP contribution in [0.15, 0.2) is 18.2 Å². The molecule has 2 N–H and O–H groups in total. The molecule has 0 saturated carbocycles. The van der Waals surface area contributed by atoms with Crippen LogP contribution in [-0.2, 0) is 27.2 Å². The first-order chi connectivity index (χ1) is 9.52. The molecule has 108 valence electrons. The zero-order valence-corrected chi connectivity index (χ0v) is 11.7. The summed E-state index contributed by atoms with van der Waals surface area (Å²) in [6.45, 7) is 1.51. The van der Waals surface area contributed by atoms with Gasteiger partial charge in [0.15, 0.2) is 6.10 Å². The van der Waals surface area contributed by atoms with Crippen LogP contribution in [0.5, 0.6) is 0 Å². The van der Waals surface area contributed by atoms with Crippen LogP contribution in [0.2, 0.25) is 0 Å². The van der Waals surface area contributed by atoms with Crippen LogP contribution in [0.25, 0.3) is 0 Å². The van der Waals surface area contributed by atoms with E-state index in [9.17, 15) is 14.7 Å². The Hall–Kier alpha value is -1.88. The summed E-state index contributed by atoms with van der Waals surface area (Å²) >= 11 is 0. The third kappa shape index (κ3) is 2.99. The Morgan fingerprint density at radius 3 is 2.85 bits per heavy atom. The van der Waals surface area contributed by atoms with Gasteiger partial charge in [-0.3, -0.25) is 4.79 Å². The van der Waals surface area contributed by atoms with E-state index in [4.69, 9.17) is 0 Å². The summed E-state index contributed by atoms with van der Waals surface area (Å²) in [6.07, 6.45) is 1.01. The number of benzene rings is 1. The smallest absolute Gasteiger partial charge is 0.339 e. The molecule has 2 rings (SSSR count). The summed E-state index contributed by atoms with van der Waals surface area (Å²) in [4.78, 5) is 22.6. The number of esters is 1. The molecule has 5 nitrogen and oxygen atoms in total. The highest BCUT2D eigenvalue weighted by Crippen LogP contribution is 2.29. The van der Waals surface area contributed by atoms with Crippen molar-refractivity contribution in [2.45, 2.75) is 38.3 Å². The van der Waals surface area contributed by atoms with Crippen LogP contribution in [0.1, 0.15) is 36.1 Å². The molecular weight excluding hydrogens is 258 g/mol. The van der Waals surface area contributed by atoms with E-state index in [0.29, 0.717) is 5.56 Å². The van der Waals surface area contributed by atoms with Crippen LogP contribution in [0, 0.1) is 0 Å². The predicted molar refractivity (Wildman–Crippen MR) is 73.0 cm³/mol. The van der Waals surface area contributed by atoms with E-state index in [1.54, 1.807) is 6.07 Å². The minimum Gasteiger partial charge on any atom is -0.467 e. The fourth-order valence-electron chi connectivity index (χ4n) is 2.74. The van der Waals surface area contributed by atoms with Gasteiger partial charge in [-0.25, -0.2) is 4.79 Å². The first-order valence-electron chi connectivity index (χ1n) is 6.66. The van der Waals surface area contributed by atoms with Crippen molar-refractivity contribution in [3.63, 3.8) is 0 Å². The number of nitrogens with one attached hydrogen (secondary N) is 1. The average molecular weight is 277 g/mol. The number of aliphatic hydroxyl groups is 1. The summed E-state index contributed by atoms with van der Waals surface area (Å²) in [5.41, 5.74) is 2.66. The van der Waals surface area contributed by atoms with Crippen molar-refractivity contribution >= 4 is 11.9 Å². The maximum atomic E-state index is 11.5. The fraction of sp³-hybridized carbons (Fsp3) is 0.467. The lowest BCUT2D eigenvalue weighted by Gasteiger charge is -2.27. The summed E-state index contributed by atoms with van der Waals surface area (Å²) in [5, 5.41) is 12.9. The van der Waals surface area contributed by atoms with Crippen LogP contribution < -0.4 is 5.32 Å². The monoisotopic (exact) mass is 277 g/mol. The summed E-state index contributed by atoms with van der Waals surface area (Å²) in [5.74, 6) is -0.688. The number of hydrogen-bond donors (Lipinski definition) is 2. The maximum absolute atomic E-state index is 11.5. The largest absolute Gasteiger partial charge is 0.467 e. The van der Waals surface area contributed by atoms with E-state index in [1.165, 1.54) is 14.0 Å². The first kappa shape index (κ1) is 14.5. The SMILES string of the molecule is COC(=O)C(O)c1cccc2c1CCC(NC(C)=O)C2. The Balaban J connectivity index is 2.24. The molecule has 2 unspecified atom stereocenters. The second kappa shape index (κ2) is 6.05. The van der Waals surface area contributed by atoms with Crippen molar-refractivity contribution in [1.82, 2.24) is 5.32 Å². The number of carbonyl (C=O) groups excluding carboxylic acids is 2. The predicted octanol–water partition coefficient (Wildman–Crippen LogP) is 0.886. The van der Waals surface area contributed by atoms with Gasteiger partial charge in [0.1, 0.15) is 0 Å². The molecule has 0 saturated heterocycles. The van der Waals surface area contributed by atoms with Gasteiger partial charge in [0.05, 0.1) is 7.11 Å². The summed E-state index contributed by atoms with van der Waals surface area (Å²) < 4.78 is 4.59. The molecule has 2 atom stereocenters. The molecular formula is C15H19NO4. The van der Waals surface area contributed by atoms with E-state index in [2.05, 4.69) is 10.1 Å². The van der Waals surface area contributed by atoms with Crippen LogP contribution >= 0.6 is 0 Å². The molecule has 1 aliphatic rings. The van der Waals surface area contributed by atoms with Crippen LogP contribution in [-0.4, -0.2) is 30.1 Å². The third-order valence-corrected chi connectivity index (χ3v) is 3.64. The van der Waals surface area contributed by atoms with Gasteiger partial charge in [-0.1, -0.05) is 18.2 Å². The lowest BCUT2D eigenvalue weighted by molar-refractivity contribution is -0.150. The van der Waals surface area contributed by atoms with E-state index in [0.717, 1.165) is 30.4 Å². The summed E-state index contributed by atoms with van der Waals surface area (Å²) in [7, 11) is 1.26. The van der Waals surface area contributed by atoms with Gasteiger partial charge < -0.3 is 15.2 Å². The third-order valence-electron chi connectivity index (χ3n) is 3.64. The van der Waals surface area contributed by atoms with E-state index in [-0.39, 0.29) is 11.9 Å². The lowest BCUT2D eigenvalue weighted by atomic mass is 9.84. The second-order valence-electron chi connectivity index (χ2n) is 5.05. The van der Waals surface area contributed by atoms with Crippen LogP contribution in [0.3, 0.4) is 0 Å². The average Bonchev–Trinajstić information content (AvgIpc) is 2.44. The lowest BCUT2D eigenvalue weighted by Crippen LogP contribution is -2.37. The van der Waals surface area contributed by atoms with Gasteiger partial charge >= 0.3 is 5.97 Å². The van der Waals surface area contributed by atoms with Crippen molar-refractivity contribution in [3.05, 3.63) is 34.9 Å². The van der Waals surface area contributed by atoms with E-state index >= 15 is 0 Å². The standard InChI is InChI=1S/C15H19NO4/c1-9(17)16-11-6-7-12-10(8-11)4-3-5-13(12)14(18)15(19)20-2/h3-5,11,14,18H,6-8H2,1-2H3,(H,16,17). The van der Waals surface area contributed by atoms with Crippen LogP contribution in [0.4, 0.5) is 0 Å². The highest BCUT2D eigenvalue weighted by atomic mass is 16.5. The number of amides is 1. The molecule has 1 amide bonds. The quantitative estimate of drug-likeness (QED) is 0.804. The van der Waals surface area contributed by atoms with E-state index in [1.807, 2.05) is 12.1 Å². The molecule has 5 heteroatoms. The second-order valence-corrected chi connectivity index (χ2v) is 5.05. The molecule has 1 aromatic rings. The Kier molecular flexibility index (Phi) is 4.39. The van der Waals surface area contributed by atoms with Gasteiger partial charge in [0, 0.05) is 13.0 Å². The molecule has 1 aromatic carbocycles. The van der Waals surface area contributed by atoms with E-state index < -0.39 is 12.1 Å². The number of fused-ring (bicyclic) bond motifs is 1. The molecule has 0 heterocycles. The van der Waals surface area contributed by atoms with Crippen molar-refractivity contribution in [2.75, 3.05) is 7.11 Å². The fourth-order valence-corrected chi connectivity index (χ4v) is 2.74. The maximum Gasteiger partial charge on any atom is 0.339 e. The van der Waals surface area contributed by atoms with Gasteiger partial charge in [-0.15, -0.1) is 0 Å². The molecule has 20 heavy (non-hydrogen) atoms. The number of hydrogen-bond acceptors (Lipinski definition) is 4. The van der Waals surface area contributed by atoms with Gasteiger partial charge in [-0.2, -0.15) is 0 Å². The molecule has 1 aliphatic carbocycles. The Morgan fingerprint density at radius 1 is 1.45 bits per heavy atom. The Labute approximate surface area is 117 Å². The van der Waals surface area contributed by atoms with Crippen molar-refractivity contribution in [2.24, 2.45) is 0 Å². The Morgan fingerprint density at radius 2 is 2.20 bits per heavy atom. The number of aliphatic hydroxyl groups excluding tert-OH is 1. The molecule has 0 fully saturated rings. The molecule has 0 bridgehead atoms. The minimum absolute atomic E-state index is 0.0378. The normalized spacial score (nSPS) is 18.9. The van der Waals surface area contributed by atoms with Crippen molar-refractivity contribution in [1.29, 1.82) is 0 Å². The summed E-state index contributed by atoms with van der Waals surface area (Å²) in [6, 6.07) is 5.65. The zero-order chi connectivity index (χ0) is 14.7. The molecule has 0 aromatic heterocycles. The molecule has 0 spiro atoms. The highest BCUT2D eigenvalue weighted by Gasteiger charge is 2.26. The molecule has 0 radical (unpaired) electrons. The van der Waals surface area contributed by atoms with Gasteiger partial charge in [0.25, 0.3) is 0 Å². The van der Waals surface area contributed by atoms with Crippen molar-refractivity contribution < 1.29 is 19.4 Å². The number of carbonyl (C=O) groups is 2. The minimum atomic E-state index is -1.24. The number of methoxy groups -OCH3 is 1. The zero-order valence-electron chi connectivity index (χ0n) is 11.7. The first-order valence-corrected chi connectivity index (χ1v) is 6.66. The topological polar surface area (TPSA) is 75.6 Å². The van der Waals surface area contributed by atoms with Crippen molar-refractivity contribution in [3.8, 4) is 0 Å². The number of rotatable bonds is 3. The molecule has 0 aliphatic heterocycles. The Bertz CT molecular complexity index is 527. The highest BCUT2D eigenvalue weighted by molar-refractivity contribution is 5.77. The number of ether oxygens (including phenoxy) is 1. The van der Waals surface area contributed by atoms with Gasteiger partial charge in [0.2, 0.25) is 5.91 Å².